The molecule has 1 unspecified atom stereocenters. The maximum Gasteiger partial charge on any atom is 0.243 e. The summed E-state index contributed by atoms with van der Waals surface area (Å²) >= 11 is 0. The van der Waals surface area contributed by atoms with Gasteiger partial charge in [0.2, 0.25) is 5.91 Å². The van der Waals surface area contributed by atoms with Gasteiger partial charge in [-0.2, -0.15) is 0 Å². The minimum Gasteiger partial charge on any atom is -0.379 e. The summed E-state index contributed by atoms with van der Waals surface area (Å²) in [7, 11) is 3.52. The molecule has 0 bridgehead atoms. The first-order valence-electron chi connectivity index (χ1n) is 10.4. The number of rotatable bonds is 11. The Hall–Kier alpha value is -0.610. The topological polar surface area (TPSA) is 69.2 Å². The number of carbonyl (C=O) groups is 1. The standard InChI is InChI=1S/C20H41N5O2.HI/c1-17(2)8-6-9-18(3)23-20(22-16-19(26)24(4)5)21-10-7-11-25-12-14-27-15-13-25;/h17-18H,6-16H2,1-5H3,(H2,21,22,23);1H. The van der Waals surface area contributed by atoms with Gasteiger partial charge in [0.1, 0.15) is 6.54 Å². The molecule has 2 N–H and O–H groups in total. The van der Waals surface area contributed by atoms with Crippen LogP contribution in [0.2, 0.25) is 0 Å². The Bertz CT molecular complexity index is 440. The lowest BCUT2D eigenvalue weighted by molar-refractivity contribution is -0.127. The lowest BCUT2D eigenvalue weighted by Crippen LogP contribution is -2.44. The van der Waals surface area contributed by atoms with Crippen LogP contribution in [0.4, 0.5) is 0 Å². The van der Waals surface area contributed by atoms with Gasteiger partial charge in [0.05, 0.1) is 13.2 Å². The lowest BCUT2D eigenvalue weighted by atomic mass is 10.0. The van der Waals surface area contributed by atoms with Crippen LogP contribution in [0.15, 0.2) is 4.99 Å². The third kappa shape index (κ3) is 13.5. The van der Waals surface area contributed by atoms with Crippen LogP contribution in [0.25, 0.3) is 0 Å². The van der Waals surface area contributed by atoms with E-state index in [4.69, 9.17) is 4.74 Å². The van der Waals surface area contributed by atoms with Crippen LogP contribution in [-0.4, -0.2) is 87.7 Å². The van der Waals surface area contributed by atoms with Crippen LogP contribution in [0.3, 0.4) is 0 Å². The fraction of sp³-hybridized carbons (Fsp3) is 0.900. The molecule has 0 radical (unpaired) electrons. The van der Waals surface area contributed by atoms with Crippen LogP contribution in [0.1, 0.15) is 46.5 Å². The number of nitrogens with one attached hydrogen (secondary N) is 2. The zero-order chi connectivity index (χ0) is 20.1. The third-order valence-electron chi connectivity index (χ3n) is 4.72. The smallest absolute Gasteiger partial charge is 0.243 e. The summed E-state index contributed by atoms with van der Waals surface area (Å²) in [5, 5.41) is 6.85. The first kappa shape index (κ1) is 27.4. The second kappa shape index (κ2) is 16.2. The third-order valence-corrected chi connectivity index (χ3v) is 4.72. The average Bonchev–Trinajstić information content (AvgIpc) is 2.63. The molecule has 1 atom stereocenters. The van der Waals surface area contributed by atoms with E-state index < -0.39 is 0 Å². The van der Waals surface area contributed by atoms with Crippen molar-refractivity contribution < 1.29 is 9.53 Å². The number of hydrogen-bond donors (Lipinski definition) is 2. The molecular formula is C20H42IN5O2. The zero-order valence-electron chi connectivity index (χ0n) is 18.5. The molecule has 8 heteroatoms. The molecule has 0 spiro atoms. The van der Waals surface area contributed by atoms with Crippen molar-refractivity contribution >= 4 is 35.8 Å². The summed E-state index contributed by atoms with van der Waals surface area (Å²) in [4.78, 5) is 20.3. The molecule has 0 saturated carbocycles. The largest absolute Gasteiger partial charge is 0.379 e. The van der Waals surface area contributed by atoms with Gasteiger partial charge < -0.3 is 20.3 Å². The lowest BCUT2D eigenvalue weighted by Gasteiger charge is -2.26. The quantitative estimate of drug-likeness (QED) is 0.193. The normalized spacial score (nSPS) is 16.4. The Morgan fingerprint density at radius 2 is 1.82 bits per heavy atom. The van der Waals surface area contributed by atoms with Crippen molar-refractivity contribution in [2.75, 3.05) is 60.0 Å². The fourth-order valence-corrected chi connectivity index (χ4v) is 2.91. The number of nitrogens with zero attached hydrogens (tertiary/aromatic N) is 3. The summed E-state index contributed by atoms with van der Waals surface area (Å²) in [6.07, 6.45) is 4.59. The van der Waals surface area contributed by atoms with Gasteiger partial charge in [-0.25, -0.2) is 4.99 Å². The van der Waals surface area contributed by atoms with E-state index in [9.17, 15) is 4.79 Å². The molecule has 0 aromatic carbocycles. The molecular weight excluding hydrogens is 469 g/mol. The van der Waals surface area contributed by atoms with E-state index >= 15 is 0 Å². The zero-order valence-corrected chi connectivity index (χ0v) is 20.8. The Morgan fingerprint density at radius 3 is 2.43 bits per heavy atom. The van der Waals surface area contributed by atoms with Crippen molar-refractivity contribution in [3.8, 4) is 0 Å². The molecule has 1 fully saturated rings. The molecule has 0 aromatic heterocycles. The number of aliphatic imine (C=N–C) groups is 1. The maximum absolute atomic E-state index is 11.9. The van der Waals surface area contributed by atoms with Crippen LogP contribution in [0, 0.1) is 5.92 Å². The Labute approximate surface area is 189 Å². The van der Waals surface area contributed by atoms with Gasteiger partial charge in [0.15, 0.2) is 5.96 Å². The van der Waals surface area contributed by atoms with Gasteiger partial charge in [0.25, 0.3) is 0 Å². The van der Waals surface area contributed by atoms with Crippen molar-refractivity contribution in [2.45, 2.75) is 52.5 Å². The molecule has 0 aromatic rings. The van der Waals surface area contributed by atoms with Crippen molar-refractivity contribution in [1.29, 1.82) is 0 Å². The molecule has 1 aliphatic heterocycles. The SMILES string of the molecule is CC(C)CCCC(C)NC(=NCC(=O)N(C)C)NCCCN1CCOCC1.I. The monoisotopic (exact) mass is 511 g/mol. The van der Waals surface area contributed by atoms with E-state index in [0.717, 1.165) is 64.1 Å². The number of hydrogen-bond acceptors (Lipinski definition) is 4. The van der Waals surface area contributed by atoms with Crippen LogP contribution in [-0.2, 0) is 9.53 Å². The summed E-state index contributed by atoms with van der Waals surface area (Å²) in [5.41, 5.74) is 0. The van der Waals surface area contributed by atoms with Crippen molar-refractivity contribution in [3.63, 3.8) is 0 Å². The molecule has 1 rings (SSSR count). The maximum atomic E-state index is 11.9. The molecule has 7 nitrogen and oxygen atoms in total. The van der Waals surface area contributed by atoms with Gasteiger partial charge in [-0.15, -0.1) is 24.0 Å². The number of morpholine rings is 1. The molecule has 0 aliphatic carbocycles. The number of amides is 1. The van der Waals surface area contributed by atoms with E-state index in [1.807, 2.05) is 0 Å². The van der Waals surface area contributed by atoms with Gasteiger partial charge >= 0.3 is 0 Å². The summed E-state index contributed by atoms with van der Waals surface area (Å²) < 4.78 is 5.39. The highest BCUT2D eigenvalue weighted by molar-refractivity contribution is 14.0. The Balaban J connectivity index is 0.00000729. The second-order valence-corrected chi connectivity index (χ2v) is 8.06. The van der Waals surface area contributed by atoms with Crippen molar-refractivity contribution in [3.05, 3.63) is 0 Å². The molecule has 1 saturated heterocycles. The molecule has 166 valence electrons. The predicted octanol–water partition coefficient (Wildman–Crippen LogP) is 2.16. The first-order chi connectivity index (χ1) is 12.9. The number of carbonyl (C=O) groups excluding carboxylic acids is 1. The predicted molar refractivity (Wildman–Crippen MR) is 128 cm³/mol. The van der Waals surface area contributed by atoms with E-state index in [-0.39, 0.29) is 36.4 Å². The highest BCUT2D eigenvalue weighted by Crippen LogP contribution is 2.08. The van der Waals surface area contributed by atoms with Gasteiger partial charge in [0, 0.05) is 39.8 Å². The molecule has 1 aliphatic rings. The number of ether oxygens (including phenoxy) is 1. The molecule has 1 amide bonds. The highest BCUT2D eigenvalue weighted by Gasteiger charge is 2.11. The summed E-state index contributed by atoms with van der Waals surface area (Å²) in [6.45, 7) is 12.5. The van der Waals surface area contributed by atoms with E-state index in [0.29, 0.717) is 6.04 Å². The molecule has 1 heterocycles. The molecule has 28 heavy (non-hydrogen) atoms. The second-order valence-electron chi connectivity index (χ2n) is 8.06. The van der Waals surface area contributed by atoms with Gasteiger partial charge in [-0.3, -0.25) is 9.69 Å². The minimum atomic E-state index is 0. The summed E-state index contributed by atoms with van der Waals surface area (Å²) in [6, 6.07) is 0.337. The minimum absolute atomic E-state index is 0. The van der Waals surface area contributed by atoms with E-state index in [1.54, 1.807) is 19.0 Å². The first-order valence-corrected chi connectivity index (χ1v) is 10.4. The summed E-state index contributed by atoms with van der Waals surface area (Å²) in [5.74, 6) is 1.49. The average molecular weight is 511 g/mol. The van der Waals surface area contributed by atoms with Crippen molar-refractivity contribution in [1.82, 2.24) is 20.4 Å². The van der Waals surface area contributed by atoms with Crippen LogP contribution < -0.4 is 10.6 Å². The van der Waals surface area contributed by atoms with Gasteiger partial charge in [-0.05, 0) is 32.2 Å². The van der Waals surface area contributed by atoms with Crippen LogP contribution in [0.5, 0.6) is 0 Å². The number of likely N-dealkylation sites (N-methyl/N-ethyl adjacent to an activating group) is 1. The van der Waals surface area contributed by atoms with E-state index in [1.165, 1.54) is 12.8 Å². The van der Waals surface area contributed by atoms with Gasteiger partial charge in [-0.1, -0.05) is 26.7 Å². The van der Waals surface area contributed by atoms with Crippen molar-refractivity contribution in [2.24, 2.45) is 10.9 Å². The highest BCUT2D eigenvalue weighted by atomic mass is 127. The van der Waals surface area contributed by atoms with Crippen LogP contribution >= 0.6 is 24.0 Å². The number of halogens is 1. The van der Waals surface area contributed by atoms with E-state index in [2.05, 4.69) is 41.3 Å². The fourth-order valence-electron chi connectivity index (χ4n) is 2.91. The Kier molecular flexibility index (Phi) is 15.9. The number of guanidine groups is 1. The Morgan fingerprint density at radius 1 is 1.14 bits per heavy atom.